The van der Waals surface area contributed by atoms with Gasteiger partial charge < -0.3 is 0 Å². The molecule has 2 rings (SSSR count). The molecule has 2 aromatic rings. The molecular weight excluding hydrogens is 274 g/mol. The normalized spacial score (nSPS) is 10.6. The molecule has 1 N–H and O–H groups in total. The average Bonchev–Trinajstić information content (AvgIpc) is 2.80. The van der Waals surface area contributed by atoms with Crippen molar-refractivity contribution in [3.05, 3.63) is 39.8 Å². The third kappa shape index (κ3) is 3.16. The minimum atomic E-state index is -0.348. The molecule has 0 saturated carbocycles. The van der Waals surface area contributed by atoms with Crippen LogP contribution in [0, 0.1) is 6.92 Å². The highest BCUT2D eigenvalue weighted by Crippen LogP contribution is 2.17. The maximum absolute atomic E-state index is 12.0. The predicted molar refractivity (Wildman–Crippen MR) is 74.6 cm³/mol. The zero-order chi connectivity index (χ0) is 15.4. The molecule has 0 aliphatic heterocycles. The van der Waals surface area contributed by atoms with Crippen LogP contribution in [0.3, 0.4) is 0 Å². The number of carbonyl (C=O) groups excluding carboxylic acids is 1. The highest BCUT2D eigenvalue weighted by atomic mass is 16.6. The molecule has 8 heteroatoms. The van der Waals surface area contributed by atoms with E-state index in [1.54, 1.807) is 13.0 Å². The quantitative estimate of drug-likeness (QED) is 0.796. The SMILES string of the molecule is CCC(=O)NOCc1c(C)cccc1-n1nnn(C)c1=O. The van der Waals surface area contributed by atoms with Crippen molar-refractivity contribution in [3.8, 4) is 5.69 Å². The maximum atomic E-state index is 12.0. The Labute approximate surface area is 121 Å². The van der Waals surface area contributed by atoms with Crippen molar-refractivity contribution in [1.29, 1.82) is 0 Å². The van der Waals surface area contributed by atoms with Crippen molar-refractivity contribution < 1.29 is 9.63 Å². The molecule has 1 heterocycles. The number of rotatable bonds is 5. The molecule has 8 nitrogen and oxygen atoms in total. The van der Waals surface area contributed by atoms with Gasteiger partial charge in [-0.05, 0) is 29.0 Å². The second kappa shape index (κ2) is 6.31. The zero-order valence-electron chi connectivity index (χ0n) is 12.2. The largest absolute Gasteiger partial charge is 0.368 e. The number of aryl methyl sites for hydroxylation is 2. The zero-order valence-corrected chi connectivity index (χ0v) is 12.2. The fourth-order valence-corrected chi connectivity index (χ4v) is 1.80. The summed E-state index contributed by atoms with van der Waals surface area (Å²) in [5.41, 5.74) is 4.26. The van der Waals surface area contributed by atoms with Crippen molar-refractivity contribution in [3.63, 3.8) is 0 Å². The summed E-state index contributed by atoms with van der Waals surface area (Å²) in [5, 5.41) is 7.51. The van der Waals surface area contributed by atoms with Gasteiger partial charge in [0, 0.05) is 19.0 Å². The van der Waals surface area contributed by atoms with Gasteiger partial charge in [0.25, 0.3) is 0 Å². The molecule has 1 aromatic heterocycles. The first-order valence-electron chi connectivity index (χ1n) is 6.53. The molecule has 0 bridgehead atoms. The van der Waals surface area contributed by atoms with Crippen molar-refractivity contribution in [2.75, 3.05) is 0 Å². The van der Waals surface area contributed by atoms with Crippen molar-refractivity contribution in [1.82, 2.24) is 25.3 Å². The van der Waals surface area contributed by atoms with Crippen LogP contribution in [0.15, 0.2) is 23.0 Å². The van der Waals surface area contributed by atoms with Crippen molar-refractivity contribution in [2.45, 2.75) is 26.9 Å². The highest BCUT2D eigenvalue weighted by Gasteiger charge is 2.13. The second-order valence-electron chi connectivity index (χ2n) is 4.54. The molecule has 0 saturated heterocycles. The molecule has 112 valence electrons. The van der Waals surface area contributed by atoms with Crippen LogP contribution in [0.2, 0.25) is 0 Å². The average molecular weight is 291 g/mol. The Morgan fingerprint density at radius 1 is 1.38 bits per heavy atom. The van der Waals surface area contributed by atoms with Gasteiger partial charge in [0.1, 0.15) is 6.61 Å². The Balaban J connectivity index is 2.30. The lowest BCUT2D eigenvalue weighted by atomic mass is 10.1. The number of hydrogen-bond acceptors (Lipinski definition) is 5. The number of benzene rings is 1. The Morgan fingerprint density at radius 2 is 2.14 bits per heavy atom. The number of nitrogens with zero attached hydrogens (tertiary/aromatic N) is 4. The summed E-state index contributed by atoms with van der Waals surface area (Å²) in [4.78, 5) is 28.3. The molecule has 0 aliphatic carbocycles. The van der Waals surface area contributed by atoms with Crippen LogP contribution in [0.4, 0.5) is 0 Å². The van der Waals surface area contributed by atoms with Gasteiger partial charge in [-0.25, -0.2) is 10.3 Å². The molecule has 1 amide bonds. The van der Waals surface area contributed by atoms with Crippen molar-refractivity contribution >= 4 is 5.91 Å². The third-order valence-electron chi connectivity index (χ3n) is 3.06. The lowest BCUT2D eigenvalue weighted by Crippen LogP contribution is -2.25. The van der Waals surface area contributed by atoms with Gasteiger partial charge in [0.05, 0.1) is 5.69 Å². The van der Waals surface area contributed by atoms with E-state index in [1.807, 2.05) is 19.1 Å². The number of carbonyl (C=O) groups is 1. The van der Waals surface area contributed by atoms with E-state index in [2.05, 4.69) is 15.9 Å². The number of hydroxylamine groups is 1. The lowest BCUT2D eigenvalue weighted by Gasteiger charge is -2.11. The summed E-state index contributed by atoms with van der Waals surface area (Å²) in [7, 11) is 1.53. The van der Waals surface area contributed by atoms with Crippen LogP contribution in [0.1, 0.15) is 24.5 Å². The maximum Gasteiger partial charge on any atom is 0.368 e. The smallest absolute Gasteiger partial charge is 0.273 e. The number of hydrogen-bond donors (Lipinski definition) is 1. The molecule has 0 aliphatic rings. The minimum Gasteiger partial charge on any atom is -0.273 e. The van der Waals surface area contributed by atoms with Crippen LogP contribution in [-0.2, 0) is 23.3 Å². The summed E-state index contributed by atoms with van der Waals surface area (Å²) in [6.45, 7) is 3.76. The summed E-state index contributed by atoms with van der Waals surface area (Å²) >= 11 is 0. The van der Waals surface area contributed by atoms with Gasteiger partial charge in [0.2, 0.25) is 5.91 Å². The fourth-order valence-electron chi connectivity index (χ4n) is 1.80. The second-order valence-corrected chi connectivity index (χ2v) is 4.54. The third-order valence-corrected chi connectivity index (χ3v) is 3.06. The number of aromatic nitrogens is 4. The number of tetrazole rings is 1. The predicted octanol–water partition coefficient (Wildman–Crippen LogP) is 0.232. The monoisotopic (exact) mass is 291 g/mol. The molecule has 21 heavy (non-hydrogen) atoms. The molecule has 0 atom stereocenters. The Hall–Kier alpha value is -2.48. The minimum absolute atomic E-state index is 0.136. The van der Waals surface area contributed by atoms with Crippen LogP contribution in [0.25, 0.3) is 5.69 Å². The van der Waals surface area contributed by atoms with Crippen LogP contribution < -0.4 is 11.2 Å². The van der Waals surface area contributed by atoms with Crippen LogP contribution in [-0.4, -0.2) is 25.7 Å². The highest BCUT2D eigenvalue weighted by molar-refractivity contribution is 5.74. The molecule has 0 spiro atoms. The number of amides is 1. The summed E-state index contributed by atoms with van der Waals surface area (Å²) in [6, 6.07) is 5.47. The first-order chi connectivity index (χ1) is 10.0. The Bertz CT molecular complexity index is 704. The van der Waals surface area contributed by atoms with Crippen molar-refractivity contribution in [2.24, 2.45) is 7.05 Å². The summed E-state index contributed by atoms with van der Waals surface area (Å²) in [6.07, 6.45) is 0.338. The molecule has 0 fully saturated rings. The van der Waals surface area contributed by atoms with E-state index < -0.39 is 0 Å². The first kappa shape index (κ1) is 14.9. The van der Waals surface area contributed by atoms with Gasteiger partial charge in [-0.3, -0.25) is 9.63 Å². The first-order valence-corrected chi connectivity index (χ1v) is 6.53. The van der Waals surface area contributed by atoms with E-state index in [4.69, 9.17) is 4.84 Å². The molecular formula is C13H17N5O3. The molecule has 0 radical (unpaired) electrons. The Morgan fingerprint density at radius 3 is 2.76 bits per heavy atom. The van der Waals surface area contributed by atoms with Gasteiger partial charge in [-0.1, -0.05) is 19.1 Å². The van der Waals surface area contributed by atoms with Gasteiger partial charge in [0.15, 0.2) is 0 Å². The van der Waals surface area contributed by atoms with Crippen LogP contribution in [0.5, 0.6) is 0 Å². The van der Waals surface area contributed by atoms with E-state index in [1.165, 1.54) is 11.7 Å². The Kier molecular flexibility index (Phi) is 4.49. The number of nitrogens with one attached hydrogen (secondary N) is 1. The van der Waals surface area contributed by atoms with E-state index >= 15 is 0 Å². The fraction of sp³-hybridized carbons (Fsp3) is 0.385. The van der Waals surface area contributed by atoms with Gasteiger partial charge >= 0.3 is 5.69 Å². The standard InChI is InChI=1S/C13H17N5O3/c1-4-12(19)14-21-8-10-9(2)6-5-7-11(10)18-13(20)17(3)15-16-18/h5-7H,4,8H2,1-3H3,(H,14,19). The van der Waals surface area contributed by atoms with E-state index in [0.29, 0.717) is 12.1 Å². The van der Waals surface area contributed by atoms with E-state index in [-0.39, 0.29) is 18.2 Å². The molecule has 1 aromatic carbocycles. The van der Waals surface area contributed by atoms with Crippen LogP contribution >= 0.6 is 0 Å². The molecule has 0 unspecified atom stereocenters. The van der Waals surface area contributed by atoms with Gasteiger partial charge in [-0.15, -0.1) is 0 Å². The van der Waals surface area contributed by atoms with E-state index in [9.17, 15) is 9.59 Å². The lowest BCUT2D eigenvalue weighted by molar-refractivity contribution is -0.134. The topological polar surface area (TPSA) is 91.0 Å². The van der Waals surface area contributed by atoms with Gasteiger partial charge in [-0.2, -0.15) is 9.36 Å². The summed E-state index contributed by atoms with van der Waals surface area (Å²) < 4.78 is 2.35. The summed E-state index contributed by atoms with van der Waals surface area (Å²) in [5.74, 6) is -0.207. The van der Waals surface area contributed by atoms with E-state index in [0.717, 1.165) is 15.8 Å².